The van der Waals surface area contributed by atoms with Gasteiger partial charge < -0.3 is 15.0 Å². The Bertz CT molecular complexity index is 419. The highest BCUT2D eigenvalue weighted by atomic mass is 32.1. The number of carbonyl (C=O) groups excluding carboxylic acids is 1. The average Bonchev–Trinajstić information content (AvgIpc) is 2.45. The maximum absolute atomic E-state index is 11.2. The molecule has 14 heavy (non-hydrogen) atoms. The predicted octanol–water partition coefficient (Wildman–Crippen LogP) is 1.83. The molecule has 0 saturated carbocycles. The van der Waals surface area contributed by atoms with Crippen molar-refractivity contribution in [2.75, 3.05) is 12.8 Å². The van der Waals surface area contributed by atoms with E-state index in [9.17, 15) is 4.79 Å². The summed E-state index contributed by atoms with van der Waals surface area (Å²) in [6, 6.07) is 0. The molecule has 6 heteroatoms. The lowest BCUT2D eigenvalue weighted by Gasteiger charge is -2.01. The highest BCUT2D eigenvalue weighted by molar-refractivity contribution is 7.73. The number of nitrogen functional groups attached to an aromatic ring is 1. The zero-order chi connectivity index (χ0) is 10.7. The first-order chi connectivity index (χ1) is 6.61. The topological polar surface area (TPSA) is 57.2 Å². The molecule has 0 aliphatic carbocycles. The predicted molar refractivity (Wildman–Crippen MR) is 59.1 cm³/mol. The van der Waals surface area contributed by atoms with Crippen LogP contribution in [0.2, 0.25) is 0 Å². The van der Waals surface area contributed by atoms with Crippen molar-refractivity contribution in [3.8, 4) is 0 Å². The van der Waals surface area contributed by atoms with Gasteiger partial charge in [0.2, 0.25) is 0 Å². The smallest absolute Gasteiger partial charge is 0.351 e. The molecule has 2 N–H and O–H groups in total. The van der Waals surface area contributed by atoms with Gasteiger partial charge in [0.15, 0.2) is 8.83 Å². The number of methoxy groups -OCH3 is 1. The Morgan fingerprint density at radius 1 is 1.86 bits per heavy atom. The molecule has 0 spiro atoms. The number of hydrogen-bond acceptors (Lipinski definition) is 5. The van der Waals surface area contributed by atoms with Gasteiger partial charge in [-0.25, -0.2) is 4.79 Å². The number of nitrogens with two attached hydrogens (primary N) is 1. The molecule has 0 bridgehead atoms. The molecule has 0 radical (unpaired) electrons. The number of carbonyl (C=O) groups is 1. The molecule has 0 saturated heterocycles. The Labute approximate surface area is 90.6 Å². The van der Waals surface area contributed by atoms with Crippen LogP contribution in [0.3, 0.4) is 0 Å². The fourth-order valence-corrected chi connectivity index (χ4v) is 2.22. The van der Waals surface area contributed by atoms with E-state index in [-0.39, 0.29) is 0 Å². The number of allylic oxidation sites excluding steroid dienone is 1. The normalized spacial score (nSPS) is 9.79. The van der Waals surface area contributed by atoms with Crippen LogP contribution in [0.25, 0.3) is 0 Å². The van der Waals surface area contributed by atoms with E-state index in [1.54, 1.807) is 10.6 Å². The van der Waals surface area contributed by atoms with Gasteiger partial charge in [0.25, 0.3) is 0 Å². The van der Waals surface area contributed by atoms with E-state index < -0.39 is 5.97 Å². The highest BCUT2D eigenvalue weighted by Crippen LogP contribution is 2.22. The number of esters is 1. The third kappa shape index (κ3) is 1.85. The lowest BCUT2D eigenvalue weighted by atomic mass is 10.5. The first-order valence-electron chi connectivity index (χ1n) is 3.80. The number of aromatic nitrogens is 1. The third-order valence-electron chi connectivity index (χ3n) is 1.62. The van der Waals surface area contributed by atoms with Crippen molar-refractivity contribution in [1.29, 1.82) is 0 Å². The van der Waals surface area contributed by atoms with E-state index >= 15 is 0 Å². The minimum atomic E-state index is -0.457. The van der Waals surface area contributed by atoms with Crippen molar-refractivity contribution in [3.63, 3.8) is 0 Å². The molecule has 1 heterocycles. The van der Waals surface area contributed by atoms with Gasteiger partial charge >= 0.3 is 5.97 Å². The van der Waals surface area contributed by atoms with Crippen LogP contribution in [0.15, 0.2) is 12.7 Å². The van der Waals surface area contributed by atoms with Gasteiger partial charge in [-0.05, 0) is 12.2 Å². The zero-order valence-corrected chi connectivity index (χ0v) is 9.28. The van der Waals surface area contributed by atoms with Crippen molar-refractivity contribution in [2.45, 2.75) is 6.54 Å². The molecule has 4 nitrogen and oxygen atoms in total. The van der Waals surface area contributed by atoms with Crippen LogP contribution in [-0.2, 0) is 11.3 Å². The lowest BCUT2D eigenvalue weighted by molar-refractivity contribution is 0.0607. The first-order valence-corrected chi connectivity index (χ1v) is 5.02. The molecule has 0 atom stereocenters. The highest BCUT2D eigenvalue weighted by Gasteiger charge is 2.16. The second-order valence-corrected chi connectivity index (χ2v) is 4.12. The lowest BCUT2D eigenvalue weighted by Crippen LogP contribution is -2.07. The molecular formula is C8H10N2O2S2. The summed E-state index contributed by atoms with van der Waals surface area (Å²) in [7, 11) is 1.31. The molecule has 1 aromatic rings. The SMILES string of the molecule is C=CCn1c(N)c(C(=O)OC)sc1=S. The second-order valence-electron chi connectivity index (χ2n) is 2.47. The number of ether oxygens (including phenoxy) is 1. The van der Waals surface area contributed by atoms with Crippen LogP contribution in [0.1, 0.15) is 9.67 Å². The zero-order valence-electron chi connectivity index (χ0n) is 7.65. The average molecular weight is 230 g/mol. The van der Waals surface area contributed by atoms with Crippen LogP contribution in [0, 0.1) is 3.95 Å². The van der Waals surface area contributed by atoms with Crippen molar-refractivity contribution in [1.82, 2.24) is 4.57 Å². The number of hydrogen-bond donors (Lipinski definition) is 1. The fourth-order valence-electron chi connectivity index (χ4n) is 0.957. The molecule has 0 aromatic carbocycles. The summed E-state index contributed by atoms with van der Waals surface area (Å²) in [6.07, 6.45) is 1.67. The van der Waals surface area contributed by atoms with Crippen molar-refractivity contribution < 1.29 is 9.53 Å². The molecule has 0 amide bonds. The van der Waals surface area contributed by atoms with Gasteiger partial charge in [0.05, 0.1) is 7.11 Å². The maximum atomic E-state index is 11.2. The van der Waals surface area contributed by atoms with E-state index in [1.807, 2.05) is 0 Å². The van der Waals surface area contributed by atoms with Gasteiger partial charge in [-0.15, -0.1) is 6.58 Å². The van der Waals surface area contributed by atoms with E-state index in [1.165, 1.54) is 7.11 Å². The monoisotopic (exact) mass is 230 g/mol. The fraction of sp³-hybridized carbons (Fsp3) is 0.250. The second kappa shape index (κ2) is 4.39. The van der Waals surface area contributed by atoms with Crippen molar-refractivity contribution in [2.24, 2.45) is 0 Å². The Morgan fingerprint density at radius 2 is 2.50 bits per heavy atom. The van der Waals surface area contributed by atoms with Gasteiger partial charge in [-0.1, -0.05) is 17.4 Å². The van der Waals surface area contributed by atoms with Crippen LogP contribution in [0.4, 0.5) is 5.82 Å². The quantitative estimate of drug-likeness (QED) is 0.489. The molecule has 1 aromatic heterocycles. The summed E-state index contributed by atoms with van der Waals surface area (Å²) in [4.78, 5) is 11.6. The largest absolute Gasteiger partial charge is 0.465 e. The molecule has 76 valence electrons. The van der Waals surface area contributed by atoms with Gasteiger partial charge in [0, 0.05) is 6.54 Å². The Hall–Kier alpha value is -1.14. The Balaban J connectivity index is 3.23. The van der Waals surface area contributed by atoms with Crippen LogP contribution in [-0.4, -0.2) is 17.6 Å². The third-order valence-corrected chi connectivity index (χ3v) is 3.06. The summed E-state index contributed by atoms with van der Waals surface area (Å²) in [6.45, 7) is 4.08. The van der Waals surface area contributed by atoms with E-state index in [4.69, 9.17) is 18.0 Å². The molecule has 1 rings (SSSR count). The molecule has 0 aliphatic heterocycles. The maximum Gasteiger partial charge on any atom is 0.351 e. The summed E-state index contributed by atoms with van der Waals surface area (Å²) in [5, 5.41) is 0. The van der Waals surface area contributed by atoms with Gasteiger partial charge in [-0.3, -0.25) is 0 Å². The molecule has 0 aliphatic rings. The van der Waals surface area contributed by atoms with Gasteiger partial charge in [-0.2, -0.15) is 0 Å². The summed E-state index contributed by atoms with van der Waals surface area (Å²) >= 11 is 6.18. The summed E-state index contributed by atoms with van der Waals surface area (Å²) in [5.41, 5.74) is 5.72. The minimum Gasteiger partial charge on any atom is -0.465 e. The number of nitrogens with zero attached hydrogens (tertiary/aromatic N) is 1. The summed E-state index contributed by atoms with van der Waals surface area (Å²) < 4.78 is 6.75. The van der Waals surface area contributed by atoms with Gasteiger partial charge in [0.1, 0.15) is 5.82 Å². The van der Waals surface area contributed by atoms with Crippen molar-refractivity contribution >= 4 is 35.3 Å². The summed E-state index contributed by atoms with van der Waals surface area (Å²) in [5.74, 6) is -0.117. The number of rotatable bonds is 3. The van der Waals surface area contributed by atoms with E-state index in [0.717, 1.165) is 11.3 Å². The molecule has 0 unspecified atom stereocenters. The molecule has 0 fully saturated rings. The number of thiazole rings is 1. The molecular weight excluding hydrogens is 220 g/mol. The van der Waals surface area contributed by atoms with Crippen LogP contribution >= 0.6 is 23.6 Å². The number of anilines is 1. The Kier molecular flexibility index (Phi) is 3.43. The standard InChI is InChI=1S/C8H10N2O2S2/c1-3-4-10-6(9)5(7(11)12-2)14-8(10)13/h3H,1,4,9H2,2H3. The van der Waals surface area contributed by atoms with Crippen molar-refractivity contribution in [3.05, 3.63) is 21.5 Å². The Morgan fingerprint density at radius 3 is 3.00 bits per heavy atom. The van der Waals surface area contributed by atoms with E-state index in [2.05, 4.69) is 11.3 Å². The van der Waals surface area contributed by atoms with E-state index in [0.29, 0.717) is 21.2 Å². The van der Waals surface area contributed by atoms with Crippen LogP contribution in [0.5, 0.6) is 0 Å². The van der Waals surface area contributed by atoms with Crippen LogP contribution < -0.4 is 5.73 Å². The minimum absolute atomic E-state index is 0.340. The first kappa shape index (κ1) is 10.9.